The third-order valence-electron chi connectivity index (χ3n) is 2.15. The van der Waals surface area contributed by atoms with Crippen LogP contribution in [0.15, 0.2) is 40.6 Å². The summed E-state index contributed by atoms with van der Waals surface area (Å²) >= 11 is 0. The minimum atomic E-state index is -0.615. The summed E-state index contributed by atoms with van der Waals surface area (Å²) in [5.41, 5.74) is 6.74. The maximum absolute atomic E-state index is 11.5. The van der Waals surface area contributed by atoms with Gasteiger partial charge in [0.1, 0.15) is 11.3 Å². The van der Waals surface area contributed by atoms with Crippen molar-refractivity contribution < 1.29 is 14.6 Å². The van der Waals surface area contributed by atoms with E-state index >= 15 is 0 Å². The highest BCUT2D eigenvalue weighted by molar-refractivity contribution is 6.10. The molecule has 1 aromatic carbocycles. The SMILES string of the molecule is CCOC(=O)/C(C=Nc1ccccc1N)=C(/C)O. The van der Waals surface area contributed by atoms with Gasteiger partial charge < -0.3 is 15.6 Å². The molecule has 0 spiro atoms. The van der Waals surface area contributed by atoms with Crippen molar-refractivity contribution in [3.8, 4) is 0 Å². The van der Waals surface area contributed by atoms with Crippen molar-refractivity contribution in [1.29, 1.82) is 0 Å². The molecule has 0 heterocycles. The first-order valence-corrected chi connectivity index (χ1v) is 5.51. The van der Waals surface area contributed by atoms with Crippen LogP contribution in [0.5, 0.6) is 0 Å². The van der Waals surface area contributed by atoms with Gasteiger partial charge in [-0.15, -0.1) is 0 Å². The number of para-hydroxylation sites is 2. The average molecular weight is 248 g/mol. The molecule has 0 amide bonds. The van der Waals surface area contributed by atoms with E-state index in [4.69, 9.17) is 10.5 Å². The van der Waals surface area contributed by atoms with E-state index in [0.717, 1.165) is 0 Å². The molecule has 0 aliphatic rings. The van der Waals surface area contributed by atoms with E-state index in [9.17, 15) is 9.90 Å². The van der Waals surface area contributed by atoms with E-state index in [1.54, 1.807) is 31.2 Å². The second-order valence-corrected chi connectivity index (χ2v) is 3.54. The Labute approximate surface area is 106 Å². The first kappa shape index (κ1) is 13.8. The third-order valence-corrected chi connectivity index (χ3v) is 2.15. The molecule has 5 heteroatoms. The number of benzene rings is 1. The van der Waals surface area contributed by atoms with E-state index in [0.29, 0.717) is 11.4 Å². The third kappa shape index (κ3) is 3.62. The summed E-state index contributed by atoms with van der Waals surface area (Å²) in [5.74, 6) is -0.762. The Balaban J connectivity index is 2.96. The standard InChI is InChI=1S/C13H16N2O3/c1-3-18-13(17)10(9(2)16)8-15-12-7-5-4-6-11(12)14/h4-8,16H,3,14H2,1-2H3/b10-9-,15-8?. The smallest absolute Gasteiger partial charge is 0.343 e. The fourth-order valence-electron chi connectivity index (χ4n) is 1.24. The average Bonchev–Trinajstić information content (AvgIpc) is 2.31. The molecular formula is C13H16N2O3. The number of hydrogen-bond donors (Lipinski definition) is 2. The van der Waals surface area contributed by atoms with Gasteiger partial charge in [0.2, 0.25) is 0 Å². The minimum absolute atomic E-state index is 0.0140. The summed E-state index contributed by atoms with van der Waals surface area (Å²) < 4.78 is 4.80. The number of hydrogen-bond acceptors (Lipinski definition) is 5. The second kappa shape index (κ2) is 6.44. The zero-order valence-corrected chi connectivity index (χ0v) is 10.4. The molecule has 0 bridgehead atoms. The molecule has 0 aromatic heterocycles. The van der Waals surface area contributed by atoms with Gasteiger partial charge in [0.25, 0.3) is 0 Å². The summed E-state index contributed by atoms with van der Waals surface area (Å²) in [6.07, 6.45) is 1.25. The van der Waals surface area contributed by atoms with E-state index in [-0.39, 0.29) is 17.9 Å². The van der Waals surface area contributed by atoms with Crippen LogP contribution in [0.1, 0.15) is 13.8 Å². The van der Waals surface area contributed by atoms with Crippen LogP contribution in [0.3, 0.4) is 0 Å². The fourth-order valence-corrected chi connectivity index (χ4v) is 1.24. The van der Waals surface area contributed by atoms with Gasteiger partial charge in [0, 0.05) is 6.21 Å². The summed E-state index contributed by atoms with van der Waals surface area (Å²) in [7, 11) is 0. The Morgan fingerprint density at radius 1 is 1.50 bits per heavy atom. The lowest BCUT2D eigenvalue weighted by molar-refractivity contribution is -0.138. The lowest BCUT2D eigenvalue weighted by atomic mass is 10.2. The fraction of sp³-hybridized carbons (Fsp3) is 0.231. The number of aliphatic hydroxyl groups excluding tert-OH is 1. The topological polar surface area (TPSA) is 84.9 Å². The number of rotatable bonds is 4. The first-order valence-electron chi connectivity index (χ1n) is 5.51. The van der Waals surface area contributed by atoms with Gasteiger partial charge in [-0.25, -0.2) is 4.79 Å². The molecule has 5 nitrogen and oxygen atoms in total. The van der Waals surface area contributed by atoms with Gasteiger partial charge in [-0.1, -0.05) is 12.1 Å². The van der Waals surface area contributed by atoms with Crippen LogP contribution in [0.2, 0.25) is 0 Å². The summed E-state index contributed by atoms with van der Waals surface area (Å²) in [6, 6.07) is 6.98. The number of nitrogens with two attached hydrogens (primary N) is 1. The van der Waals surface area contributed by atoms with Crippen molar-refractivity contribution in [3.05, 3.63) is 35.6 Å². The molecule has 0 fully saturated rings. The molecule has 18 heavy (non-hydrogen) atoms. The molecule has 0 saturated heterocycles. The van der Waals surface area contributed by atoms with E-state index < -0.39 is 5.97 Å². The van der Waals surface area contributed by atoms with Crippen molar-refractivity contribution >= 4 is 23.6 Å². The van der Waals surface area contributed by atoms with Gasteiger partial charge in [-0.3, -0.25) is 4.99 Å². The molecule has 0 atom stereocenters. The van der Waals surface area contributed by atoms with Crippen LogP contribution >= 0.6 is 0 Å². The monoisotopic (exact) mass is 248 g/mol. The molecule has 0 unspecified atom stereocenters. The predicted octanol–water partition coefficient (Wildman–Crippen LogP) is 2.37. The molecule has 96 valence electrons. The van der Waals surface area contributed by atoms with Gasteiger partial charge in [-0.2, -0.15) is 0 Å². The van der Waals surface area contributed by atoms with Gasteiger partial charge in [0.15, 0.2) is 0 Å². The minimum Gasteiger partial charge on any atom is -0.512 e. The Morgan fingerprint density at radius 2 is 2.17 bits per heavy atom. The summed E-state index contributed by atoms with van der Waals surface area (Å²) in [4.78, 5) is 15.6. The maximum atomic E-state index is 11.5. The van der Waals surface area contributed by atoms with Gasteiger partial charge >= 0.3 is 5.97 Å². The molecule has 0 aliphatic heterocycles. The van der Waals surface area contributed by atoms with Crippen LogP contribution in [0.25, 0.3) is 0 Å². The van der Waals surface area contributed by atoms with Crippen LogP contribution in [0, 0.1) is 0 Å². The predicted molar refractivity (Wildman–Crippen MR) is 71.0 cm³/mol. The molecule has 1 aromatic rings. The van der Waals surface area contributed by atoms with Crippen molar-refractivity contribution in [3.63, 3.8) is 0 Å². The Morgan fingerprint density at radius 3 is 2.72 bits per heavy atom. The highest BCUT2D eigenvalue weighted by Crippen LogP contribution is 2.20. The van der Waals surface area contributed by atoms with Crippen molar-refractivity contribution in [2.45, 2.75) is 13.8 Å². The van der Waals surface area contributed by atoms with Crippen LogP contribution in [-0.4, -0.2) is 23.9 Å². The highest BCUT2D eigenvalue weighted by Gasteiger charge is 2.11. The lowest BCUT2D eigenvalue weighted by Crippen LogP contribution is -2.10. The van der Waals surface area contributed by atoms with Gasteiger partial charge in [0.05, 0.1) is 18.0 Å². The Hall–Kier alpha value is -2.30. The Bertz CT molecular complexity index is 489. The number of anilines is 1. The van der Waals surface area contributed by atoms with E-state index in [2.05, 4.69) is 4.99 Å². The lowest BCUT2D eigenvalue weighted by Gasteiger charge is -2.03. The number of aliphatic imine (C=N–C) groups is 1. The first-order chi connectivity index (χ1) is 8.56. The number of aliphatic hydroxyl groups is 1. The van der Waals surface area contributed by atoms with Crippen LogP contribution < -0.4 is 5.73 Å². The molecule has 0 radical (unpaired) electrons. The zero-order valence-electron chi connectivity index (χ0n) is 10.4. The van der Waals surface area contributed by atoms with Crippen LogP contribution in [0.4, 0.5) is 11.4 Å². The molecule has 1 rings (SSSR count). The number of nitrogen functional groups attached to an aromatic ring is 1. The highest BCUT2D eigenvalue weighted by atomic mass is 16.5. The number of ether oxygens (including phenoxy) is 1. The van der Waals surface area contributed by atoms with E-state index in [1.807, 2.05) is 0 Å². The number of carbonyl (C=O) groups is 1. The number of carbonyl (C=O) groups excluding carboxylic acids is 1. The number of esters is 1. The van der Waals surface area contributed by atoms with Crippen molar-refractivity contribution in [2.24, 2.45) is 4.99 Å². The summed E-state index contributed by atoms with van der Waals surface area (Å²) in [5, 5.41) is 9.41. The second-order valence-electron chi connectivity index (χ2n) is 3.54. The molecule has 3 N–H and O–H groups in total. The van der Waals surface area contributed by atoms with Crippen molar-refractivity contribution in [2.75, 3.05) is 12.3 Å². The molecule has 0 saturated carbocycles. The molecular weight excluding hydrogens is 232 g/mol. The number of nitrogens with zero attached hydrogens (tertiary/aromatic N) is 1. The number of allylic oxidation sites excluding steroid dienone is 1. The van der Waals surface area contributed by atoms with Crippen molar-refractivity contribution in [1.82, 2.24) is 0 Å². The summed E-state index contributed by atoms with van der Waals surface area (Å²) in [6.45, 7) is 3.32. The molecule has 0 aliphatic carbocycles. The zero-order chi connectivity index (χ0) is 13.5. The Kier molecular flexibility index (Phi) is 4.92. The van der Waals surface area contributed by atoms with E-state index in [1.165, 1.54) is 13.1 Å². The van der Waals surface area contributed by atoms with Gasteiger partial charge in [-0.05, 0) is 26.0 Å². The normalized spacial score (nSPS) is 12.3. The quantitative estimate of drug-likeness (QED) is 0.281. The largest absolute Gasteiger partial charge is 0.512 e. The van der Waals surface area contributed by atoms with Crippen LogP contribution in [-0.2, 0) is 9.53 Å². The maximum Gasteiger partial charge on any atom is 0.343 e.